The van der Waals surface area contributed by atoms with Gasteiger partial charge in [0.15, 0.2) is 0 Å². The molecule has 2 aliphatic rings. The standard InChI is InChI=1S/C25H31N3O4/c1-31-21-10-6-5-9-20(21)23(29)27-22(24(30)28-15-17-32-18-16-28)25(11-13-26-14-12-25)19-7-3-2-4-8-19/h2-10,22,26H,11-18H2,1H3,(H,27,29). The molecule has 2 amide bonds. The molecule has 1 unspecified atom stereocenters. The highest BCUT2D eigenvalue weighted by Crippen LogP contribution is 2.38. The van der Waals surface area contributed by atoms with E-state index < -0.39 is 11.5 Å². The van der Waals surface area contributed by atoms with Crippen LogP contribution in [0.4, 0.5) is 0 Å². The number of hydrogen-bond acceptors (Lipinski definition) is 5. The molecular formula is C25H31N3O4. The van der Waals surface area contributed by atoms with E-state index in [1.807, 2.05) is 29.2 Å². The minimum absolute atomic E-state index is 0.0534. The fraction of sp³-hybridized carbons (Fsp3) is 0.440. The highest BCUT2D eigenvalue weighted by Gasteiger charge is 2.47. The van der Waals surface area contributed by atoms with E-state index in [4.69, 9.17) is 9.47 Å². The van der Waals surface area contributed by atoms with Crippen LogP contribution in [-0.4, -0.2) is 69.3 Å². The summed E-state index contributed by atoms with van der Waals surface area (Å²) in [6.45, 7) is 3.65. The van der Waals surface area contributed by atoms with E-state index in [0.717, 1.165) is 31.5 Å². The molecule has 32 heavy (non-hydrogen) atoms. The number of methoxy groups -OCH3 is 1. The average molecular weight is 438 g/mol. The maximum atomic E-state index is 13.9. The Hall–Kier alpha value is -2.90. The van der Waals surface area contributed by atoms with Gasteiger partial charge in [0.05, 0.1) is 25.9 Å². The number of nitrogens with zero attached hydrogens (tertiary/aromatic N) is 1. The van der Waals surface area contributed by atoms with Gasteiger partial charge in [0.25, 0.3) is 5.91 Å². The molecule has 2 N–H and O–H groups in total. The molecule has 2 heterocycles. The molecule has 0 saturated carbocycles. The zero-order chi connectivity index (χ0) is 22.4. The van der Waals surface area contributed by atoms with Crippen LogP contribution in [0.25, 0.3) is 0 Å². The first-order valence-corrected chi connectivity index (χ1v) is 11.2. The van der Waals surface area contributed by atoms with Crippen LogP contribution in [0.2, 0.25) is 0 Å². The van der Waals surface area contributed by atoms with E-state index in [1.54, 1.807) is 25.3 Å². The van der Waals surface area contributed by atoms with Crippen molar-refractivity contribution >= 4 is 11.8 Å². The molecule has 4 rings (SSSR count). The van der Waals surface area contributed by atoms with Crippen molar-refractivity contribution in [1.29, 1.82) is 0 Å². The van der Waals surface area contributed by atoms with Gasteiger partial charge in [-0.05, 0) is 43.6 Å². The van der Waals surface area contributed by atoms with Crippen molar-refractivity contribution in [1.82, 2.24) is 15.5 Å². The summed E-state index contributed by atoms with van der Waals surface area (Å²) in [6, 6.07) is 16.5. The number of carbonyl (C=O) groups excluding carboxylic acids is 2. The van der Waals surface area contributed by atoms with E-state index in [-0.39, 0.29) is 11.8 Å². The Bertz CT molecular complexity index is 922. The van der Waals surface area contributed by atoms with Crippen molar-refractivity contribution in [3.8, 4) is 5.75 Å². The third kappa shape index (κ3) is 4.49. The topological polar surface area (TPSA) is 79.9 Å². The monoisotopic (exact) mass is 437 g/mol. The molecular weight excluding hydrogens is 406 g/mol. The van der Waals surface area contributed by atoms with Gasteiger partial charge < -0.3 is 25.0 Å². The maximum Gasteiger partial charge on any atom is 0.255 e. The van der Waals surface area contributed by atoms with Crippen LogP contribution in [0, 0.1) is 0 Å². The summed E-state index contributed by atoms with van der Waals surface area (Å²) in [5.41, 5.74) is 1.000. The van der Waals surface area contributed by atoms with Crippen LogP contribution >= 0.6 is 0 Å². The van der Waals surface area contributed by atoms with Crippen LogP contribution in [0.3, 0.4) is 0 Å². The van der Waals surface area contributed by atoms with Crippen molar-refractivity contribution in [2.24, 2.45) is 0 Å². The van der Waals surface area contributed by atoms with E-state index in [0.29, 0.717) is 37.6 Å². The summed E-state index contributed by atoms with van der Waals surface area (Å²) >= 11 is 0. The summed E-state index contributed by atoms with van der Waals surface area (Å²) in [5, 5.41) is 6.54. The molecule has 170 valence electrons. The molecule has 0 aromatic heterocycles. The van der Waals surface area contributed by atoms with E-state index in [9.17, 15) is 9.59 Å². The van der Waals surface area contributed by atoms with Crippen molar-refractivity contribution < 1.29 is 19.1 Å². The molecule has 2 aliphatic heterocycles. The normalized spacial score (nSPS) is 19.1. The Kier molecular flexibility index (Phi) is 7.07. The number of carbonyl (C=O) groups is 2. The summed E-state index contributed by atoms with van der Waals surface area (Å²) < 4.78 is 10.9. The summed E-state index contributed by atoms with van der Waals surface area (Å²) in [6.07, 6.45) is 1.51. The van der Waals surface area contributed by atoms with Crippen molar-refractivity contribution in [3.63, 3.8) is 0 Å². The fourth-order valence-electron chi connectivity index (χ4n) is 4.83. The summed E-state index contributed by atoms with van der Waals surface area (Å²) in [5.74, 6) is 0.131. The molecule has 0 spiro atoms. The number of morpholine rings is 1. The van der Waals surface area contributed by atoms with E-state index in [1.165, 1.54) is 0 Å². The fourth-order valence-corrected chi connectivity index (χ4v) is 4.83. The number of hydrogen-bond donors (Lipinski definition) is 2. The van der Waals surface area contributed by atoms with Gasteiger partial charge in [0, 0.05) is 18.5 Å². The Morgan fingerprint density at radius 2 is 1.69 bits per heavy atom. The molecule has 2 aromatic carbocycles. The predicted octanol–water partition coefficient (Wildman–Crippen LogP) is 1.97. The second kappa shape index (κ2) is 10.1. The van der Waals surface area contributed by atoms with E-state index >= 15 is 0 Å². The van der Waals surface area contributed by atoms with Crippen LogP contribution < -0.4 is 15.4 Å². The third-order valence-corrected chi connectivity index (χ3v) is 6.59. The molecule has 2 fully saturated rings. The van der Waals surface area contributed by atoms with Gasteiger partial charge in [-0.2, -0.15) is 0 Å². The minimum Gasteiger partial charge on any atom is -0.496 e. The second-order valence-corrected chi connectivity index (χ2v) is 8.32. The second-order valence-electron chi connectivity index (χ2n) is 8.32. The first-order valence-electron chi connectivity index (χ1n) is 11.2. The Labute approximate surface area is 189 Å². The largest absolute Gasteiger partial charge is 0.496 e. The first kappa shape index (κ1) is 22.3. The Morgan fingerprint density at radius 1 is 1.03 bits per heavy atom. The molecule has 0 radical (unpaired) electrons. The van der Waals surface area contributed by atoms with Crippen LogP contribution in [-0.2, 0) is 14.9 Å². The van der Waals surface area contributed by atoms with Crippen LogP contribution in [0.15, 0.2) is 54.6 Å². The summed E-state index contributed by atoms with van der Waals surface area (Å²) in [7, 11) is 1.54. The van der Waals surface area contributed by atoms with E-state index in [2.05, 4.69) is 22.8 Å². The van der Waals surface area contributed by atoms with Gasteiger partial charge >= 0.3 is 0 Å². The highest BCUT2D eigenvalue weighted by atomic mass is 16.5. The molecule has 7 heteroatoms. The summed E-state index contributed by atoms with van der Waals surface area (Å²) in [4.78, 5) is 29.2. The van der Waals surface area contributed by atoms with Crippen molar-refractivity contribution in [2.75, 3.05) is 46.5 Å². The molecule has 7 nitrogen and oxygen atoms in total. The molecule has 0 bridgehead atoms. The third-order valence-electron chi connectivity index (χ3n) is 6.59. The number of rotatable bonds is 6. The molecule has 2 aromatic rings. The Balaban J connectivity index is 1.74. The lowest BCUT2D eigenvalue weighted by molar-refractivity contribution is -0.139. The number of benzene rings is 2. The van der Waals surface area contributed by atoms with Crippen LogP contribution in [0.1, 0.15) is 28.8 Å². The predicted molar refractivity (Wildman–Crippen MR) is 122 cm³/mol. The minimum atomic E-state index is -0.692. The average Bonchev–Trinajstić information content (AvgIpc) is 2.88. The quantitative estimate of drug-likeness (QED) is 0.723. The lowest BCUT2D eigenvalue weighted by Gasteiger charge is -2.45. The van der Waals surface area contributed by atoms with Gasteiger partial charge in [-0.1, -0.05) is 42.5 Å². The van der Waals surface area contributed by atoms with Gasteiger partial charge in [-0.3, -0.25) is 9.59 Å². The number of nitrogens with one attached hydrogen (secondary N) is 2. The van der Waals surface area contributed by atoms with Crippen molar-refractivity contribution in [2.45, 2.75) is 24.3 Å². The molecule has 0 aliphatic carbocycles. The van der Waals surface area contributed by atoms with Gasteiger partial charge in [-0.25, -0.2) is 0 Å². The van der Waals surface area contributed by atoms with Crippen molar-refractivity contribution in [3.05, 3.63) is 65.7 Å². The van der Waals surface area contributed by atoms with Crippen LogP contribution in [0.5, 0.6) is 5.75 Å². The Morgan fingerprint density at radius 3 is 2.38 bits per heavy atom. The molecule has 2 saturated heterocycles. The maximum absolute atomic E-state index is 13.9. The first-order chi connectivity index (χ1) is 15.7. The number of piperidine rings is 1. The molecule has 1 atom stereocenters. The zero-order valence-corrected chi connectivity index (χ0v) is 18.5. The highest BCUT2D eigenvalue weighted by molar-refractivity contribution is 6.00. The zero-order valence-electron chi connectivity index (χ0n) is 18.5. The van der Waals surface area contributed by atoms with Gasteiger partial charge in [-0.15, -0.1) is 0 Å². The number of ether oxygens (including phenoxy) is 2. The smallest absolute Gasteiger partial charge is 0.255 e. The van der Waals surface area contributed by atoms with Gasteiger partial charge in [0.2, 0.25) is 5.91 Å². The lowest BCUT2D eigenvalue weighted by Crippen LogP contribution is -2.62. The SMILES string of the molecule is COc1ccccc1C(=O)NC(C(=O)N1CCOCC1)C1(c2ccccc2)CCNCC1. The number of amides is 2. The number of para-hydroxylation sites is 1. The lowest BCUT2D eigenvalue weighted by atomic mass is 9.67. The van der Waals surface area contributed by atoms with Gasteiger partial charge in [0.1, 0.15) is 11.8 Å².